The van der Waals surface area contributed by atoms with Gasteiger partial charge in [-0.1, -0.05) is 60.7 Å². The third kappa shape index (κ3) is 6.20. The van der Waals surface area contributed by atoms with E-state index in [0.717, 1.165) is 11.3 Å². The van der Waals surface area contributed by atoms with Crippen molar-refractivity contribution in [1.82, 2.24) is 5.32 Å². The third-order valence-corrected chi connectivity index (χ3v) is 4.18. The van der Waals surface area contributed by atoms with Crippen molar-refractivity contribution in [2.75, 3.05) is 6.61 Å². The van der Waals surface area contributed by atoms with Crippen molar-refractivity contribution >= 4 is 17.7 Å². The molecule has 0 saturated heterocycles. The van der Waals surface area contributed by atoms with Crippen LogP contribution in [0, 0.1) is 0 Å². The van der Waals surface area contributed by atoms with Crippen molar-refractivity contribution in [3.8, 4) is 0 Å². The summed E-state index contributed by atoms with van der Waals surface area (Å²) in [5, 5.41) is 2.94. The van der Waals surface area contributed by atoms with Crippen LogP contribution >= 0.6 is 11.8 Å². The smallest absolute Gasteiger partial charge is 0.261 e. The van der Waals surface area contributed by atoms with Gasteiger partial charge in [0.1, 0.15) is 11.2 Å². The number of hydrogen-bond donors (Lipinski definition) is 1. The molecule has 120 valence electrons. The molecule has 0 aliphatic rings. The molecular weight excluding hydrogens is 306 g/mol. The van der Waals surface area contributed by atoms with E-state index in [1.54, 1.807) is 6.26 Å². The van der Waals surface area contributed by atoms with Crippen molar-refractivity contribution < 1.29 is 9.53 Å². The summed E-state index contributed by atoms with van der Waals surface area (Å²) in [5.41, 5.74) is 2.25. The van der Waals surface area contributed by atoms with E-state index < -0.39 is 0 Å². The fourth-order valence-corrected chi connectivity index (χ4v) is 2.77. The summed E-state index contributed by atoms with van der Waals surface area (Å²) >= 11 is 1.48. The molecule has 2 aromatic carbocycles. The van der Waals surface area contributed by atoms with Crippen molar-refractivity contribution in [2.24, 2.45) is 0 Å². The molecule has 0 aromatic heterocycles. The van der Waals surface area contributed by atoms with Crippen LogP contribution in [-0.2, 0) is 21.8 Å². The van der Waals surface area contributed by atoms with Crippen LogP contribution in [-0.4, -0.2) is 12.5 Å². The van der Waals surface area contributed by atoms with E-state index in [-0.39, 0.29) is 5.91 Å². The number of rotatable bonds is 8. The highest BCUT2D eigenvalue weighted by Crippen LogP contribution is 2.21. The van der Waals surface area contributed by atoms with Gasteiger partial charge in [0.25, 0.3) is 5.91 Å². The van der Waals surface area contributed by atoms with Gasteiger partial charge in [-0.3, -0.25) is 4.79 Å². The number of amides is 1. The standard InChI is InChI=1S/C19H21NO2S/c1-2-22-14-18(23-15-17-11-7-4-8-12-17)19(21)20-13-16-9-5-3-6-10-16/h3-12,14H,2,13,15H2,1H3,(H,20,21)/b18-14-. The lowest BCUT2D eigenvalue weighted by atomic mass is 10.2. The average molecular weight is 327 g/mol. The first-order valence-electron chi connectivity index (χ1n) is 7.60. The van der Waals surface area contributed by atoms with E-state index in [2.05, 4.69) is 5.32 Å². The maximum Gasteiger partial charge on any atom is 0.261 e. The molecular formula is C19H21NO2S. The molecule has 0 unspecified atom stereocenters. The Balaban J connectivity index is 1.92. The minimum Gasteiger partial charge on any atom is -0.500 e. The van der Waals surface area contributed by atoms with Gasteiger partial charge in [-0.2, -0.15) is 0 Å². The van der Waals surface area contributed by atoms with Gasteiger partial charge in [-0.15, -0.1) is 11.8 Å². The van der Waals surface area contributed by atoms with Crippen LogP contribution < -0.4 is 5.32 Å². The summed E-state index contributed by atoms with van der Waals surface area (Å²) in [5.74, 6) is 0.627. The Morgan fingerprint density at radius 2 is 1.65 bits per heavy atom. The van der Waals surface area contributed by atoms with Crippen LogP contribution in [0.2, 0.25) is 0 Å². The minimum absolute atomic E-state index is 0.108. The van der Waals surface area contributed by atoms with E-state index in [1.165, 1.54) is 17.3 Å². The van der Waals surface area contributed by atoms with E-state index in [4.69, 9.17) is 4.74 Å². The van der Waals surface area contributed by atoms with Gasteiger partial charge >= 0.3 is 0 Å². The lowest BCUT2D eigenvalue weighted by Gasteiger charge is -2.09. The monoisotopic (exact) mass is 327 g/mol. The minimum atomic E-state index is -0.108. The largest absolute Gasteiger partial charge is 0.500 e. The van der Waals surface area contributed by atoms with E-state index in [1.807, 2.05) is 67.6 Å². The summed E-state index contributed by atoms with van der Waals surface area (Å²) < 4.78 is 5.31. The van der Waals surface area contributed by atoms with Gasteiger partial charge in [0.15, 0.2) is 0 Å². The summed E-state index contributed by atoms with van der Waals surface area (Å²) in [6, 6.07) is 19.9. The number of nitrogens with one attached hydrogen (secondary N) is 1. The zero-order valence-electron chi connectivity index (χ0n) is 13.2. The topological polar surface area (TPSA) is 38.3 Å². The highest BCUT2D eigenvalue weighted by molar-refractivity contribution is 8.03. The first-order chi connectivity index (χ1) is 11.3. The van der Waals surface area contributed by atoms with Gasteiger partial charge in [-0.05, 0) is 18.1 Å². The molecule has 0 atom stereocenters. The molecule has 2 rings (SSSR count). The molecule has 0 spiro atoms. The Hall–Kier alpha value is -2.20. The number of hydrogen-bond acceptors (Lipinski definition) is 3. The second-order valence-electron chi connectivity index (χ2n) is 4.88. The Bertz CT molecular complexity index is 626. The first-order valence-corrected chi connectivity index (χ1v) is 8.58. The third-order valence-electron chi connectivity index (χ3n) is 3.11. The summed E-state index contributed by atoms with van der Waals surface area (Å²) in [6.07, 6.45) is 1.55. The lowest BCUT2D eigenvalue weighted by Crippen LogP contribution is -2.23. The molecule has 2 aromatic rings. The van der Waals surface area contributed by atoms with Crippen LogP contribution in [0.15, 0.2) is 71.8 Å². The van der Waals surface area contributed by atoms with Crippen LogP contribution in [0.5, 0.6) is 0 Å². The van der Waals surface area contributed by atoms with Crippen LogP contribution in [0.25, 0.3) is 0 Å². The number of carbonyl (C=O) groups is 1. The maximum absolute atomic E-state index is 12.4. The molecule has 0 heterocycles. The van der Waals surface area contributed by atoms with Crippen molar-refractivity contribution in [2.45, 2.75) is 19.2 Å². The van der Waals surface area contributed by atoms with Crippen molar-refractivity contribution in [1.29, 1.82) is 0 Å². The molecule has 0 fully saturated rings. The SMILES string of the molecule is CCO/C=C(\SCc1ccccc1)C(=O)NCc1ccccc1. The fourth-order valence-electron chi connectivity index (χ4n) is 1.91. The highest BCUT2D eigenvalue weighted by Gasteiger charge is 2.11. The number of carbonyl (C=O) groups excluding carboxylic acids is 1. The molecule has 0 saturated carbocycles. The number of ether oxygens (including phenoxy) is 1. The molecule has 1 amide bonds. The van der Waals surface area contributed by atoms with Gasteiger partial charge in [0.05, 0.1) is 6.61 Å². The quantitative estimate of drug-likeness (QED) is 0.585. The Morgan fingerprint density at radius 1 is 1.04 bits per heavy atom. The van der Waals surface area contributed by atoms with E-state index in [0.29, 0.717) is 18.1 Å². The van der Waals surface area contributed by atoms with Crippen LogP contribution in [0.1, 0.15) is 18.1 Å². The highest BCUT2D eigenvalue weighted by atomic mass is 32.2. The van der Waals surface area contributed by atoms with Crippen molar-refractivity contribution in [3.63, 3.8) is 0 Å². The molecule has 23 heavy (non-hydrogen) atoms. The Labute approximate surface area is 141 Å². The van der Waals surface area contributed by atoms with Gasteiger partial charge in [0, 0.05) is 12.3 Å². The van der Waals surface area contributed by atoms with Gasteiger partial charge < -0.3 is 10.1 Å². The summed E-state index contributed by atoms with van der Waals surface area (Å²) in [4.78, 5) is 13.0. The van der Waals surface area contributed by atoms with E-state index in [9.17, 15) is 4.79 Å². The summed E-state index contributed by atoms with van der Waals surface area (Å²) in [6.45, 7) is 2.95. The van der Waals surface area contributed by atoms with E-state index >= 15 is 0 Å². The second-order valence-corrected chi connectivity index (χ2v) is 5.90. The number of benzene rings is 2. The Morgan fingerprint density at radius 3 is 2.26 bits per heavy atom. The zero-order chi connectivity index (χ0) is 16.3. The molecule has 0 radical (unpaired) electrons. The average Bonchev–Trinajstić information content (AvgIpc) is 2.61. The maximum atomic E-state index is 12.4. The van der Waals surface area contributed by atoms with Crippen LogP contribution in [0.3, 0.4) is 0 Å². The van der Waals surface area contributed by atoms with Gasteiger partial charge in [-0.25, -0.2) is 0 Å². The zero-order valence-corrected chi connectivity index (χ0v) is 14.0. The fraction of sp³-hybridized carbons (Fsp3) is 0.211. The normalized spacial score (nSPS) is 11.1. The molecule has 3 nitrogen and oxygen atoms in total. The molecule has 1 N–H and O–H groups in total. The molecule has 0 aliphatic heterocycles. The molecule has 4 heteroatoms. The second kappa shape index (κ2) is 9.74. The molecule has 0 aliphatic carbocycles. The summed E-state index contributed by atoms with van der Waals surface area (Å²) in [7, 11) is 0. The first kappa shape index (κ1) is 17.2. The predicted molar refractivity (Wildman–Crippen MR) is 95.7 cm³/mol. The van der Waals surface area contributed by atoms with Crippen LogP contribution in [0.4, 0.5) is 0 Å². The molecule has 0 bridgehead atoms. The lowest BCUT2D eigenvalue weighted by molar-refractivity contribution is -0.117. The van der Waals surface area contributed by atoms with Crippen molar-refractivity contribution in [3.05, 3.63) is 83.0 Å². The number of thioether (sulfide) groups is 1. The van der Waals surface area contributed by atoms with Gasteiger partial charge in [0.2, 0.25) is 0 Å². The predicted octanol–water partition coefficient (Wildman–Crippen LogP) is 4.11. The Kier molecular flexibility index (Phi) is 7.27.